The molecular weight excluding hydrogens is 302 g/mol. The standard InChI is InChI=1S/C19H29N3O2/c1-2-12-24-18-5-3-4-16(13-18)14-19(23)22-9-6-17(15-22)21-10-7-20-8-11-21/h3-5,13,17,20H,2,6-12,14-15H2,1H3. The van der Waals surface area contributed by atoms with E-state index in [1.54, 1.807) is 0 Å². The molecule has 5 heteroatoms. The summed E-state index contributed by atoms with van der Waals surface area (Å²) in [5, 5.41) is 3.39. The average molecular weight is 331 g/mol. The number of nitrogens with one attached hydrogen (secondary N) is 1. The minimum atomic E-state index is 0.236. The van der Waals surface area contributed by atoms with Gasteiger partial charge in [-0.05, 0) is 30.5 Å². The first-order chi connectivity index (χ1) is 11.8. The van der Waals surface area contributed by atoms with Crippen molar-refractivity contribution in [2.75, 3.05) is 45.9 Å². The van der Waals surface area contributed by atoms with E-state index in [1.165, 1.54) is 0 Å². The summed E-state index contributed by atoms with van der Waals surface area (Å²) in [4.78, 5) is 17.2. The van der Waals surface area contributed by atoms with Gasteiger partial charge >= 0.3 is 0 Å². The zero-order chi connectivity index (χ0) is 16.8. The number of piperazine rings is 1. The summed E-state index contributed by atoms with van der Waals surface area (Å²) in [6.07, 6.45) is 2.56. The van der Waals surface area contributed by atoms with Crippen LogP contribution in [0, 0.1) is 0 Å². The lowest BCUT2D eigenvalue weighted by Crippen LogP contribution is -2.49. The van der Waals surface area contributed by atoms with E-state index in [0.717, 1.165) is 70.0 Å². The van der Waals surface area contributed by atoms with Crippen molar-refractivity contribution in [2.45, 2.75) is 32.2 Å². The molecule has 1 atom stereocenters. The highest BCUT2D eigenvalue weighted by Crippen LogP contribution is 2.19. The van der Waals surface area contributed by atoms with Gasteiger partial charge in [0.25, 0.3) is 0 Å². The van der Waals surface area contributed by atoms with Crippen LogP contribution in [-0.4, -0.2) is 67.6 Å². The van der Waals surface area contributed by atoms with Crippen LogP contribution >= 0.6 is 0 Å². The zero-order valence-corrected chi connectivity index (χ0v) is 14.7. The van der Waals surface area contributed by atoms with E-state index in [-0.39, 0.29) is 5.91 Å². The van der Waals surface area contributed by atoms with Crippen LogP contribution in [0.5, 0.6) is 5.75 Å². The zero-order valence-electron chi connectivity index (χ0n) is 14.7. The number of hydrogen-bond acceptors (Lipinski definition) is 4. The van der Waals surface area contributed by atoms with Gasteiger partial charge in [0, 0.05) is 45.3 Å². The van der Waals surface area contributed by atoms with Crippen molar-refractivity contribution in [1.82, 2.24) is 15.1 Å². The third kappa shape index (κ3) is 4.48. The molecule has 0 aromatic heterocycles. The van der Waals surface area contributed by atoms with Gasteiger partial charge in [0.1, 0.15) is 5.75 Å². The first-order valence-corrected chi connectivity index (χ1v) is 9.20. The van der Waals surface area contributed by atoms with Crippen LogP contribution in [0.1, 0.15) is 25.3 Å². The Morgan fingerprint density at radius 2 is 2.12 bits per heavy atom. The topological polar surface area (TPSA) is 44.8 Å². The largest absolute Gasteiger partial charge is 0.494 e. The summed E-state index contributed by atoms with van der Waals surface area (Å²) in [5.74, 6) is 1.10. The maximum atomic E-state index is 12.6. The molecule has 24 heavy (non-hydrogen) atoms. The molecule has 5 nitrogen and oxygen atoms in total. The summed E-state index contributed by atoms with van der Waals surface area (Å²) in [6.45, 7) is 8.91. The first-order valence-electron chi connectivity index (χ1n) is 9.20. The Bertz CT molecular complexity index is 543. The second-order valence-electron chi connectivity index (χ2n) is 6.74. The minimum absolute atomic E-state index is 0.236. The Morgan fingerprint density at radius 3 is 2.92 bits per heavy atom. The monoisotopic (exact) mass is 331 g/mol. The van der Waals surface area contributed by atoms with E-state index in [0.29, 0.717) is 12.5 Å². The van der Waals surface area contributed by atoms with Gasteiger partial charge in [-0.1, -0.05) is 19.1 Å². The molecule has 2 aliphatic rings. The number of benzene rings is 1. The molecule has 0 bridgehead atoms. The molecule has 1 aromatic rings. The minimum Gasteiger partial charge on any atom is -0.494 e. The van der Waals surface area contributed by atoms with Crippen molar-refractivity contribution in [1.29, 1.82) is 0 Å². The van der Waals surface area contributed by atoms with Crippen LogP contribution in [0.2, 0.25) is 0 Å². The van der Waals surface area contributed by atoms with E-state index >= 15 is 0 Å². The lowest BCUT2D eigenvalue weighted by atomic mass is 10.1. The Balaban J connectivity index is 1.52. The summed E-state index contributed by atoms with van der Waals surface area (Å²) in [5.41, 5.74) is 1.04. The third-order valence-corrected chi connectivity index (χ3v) is 4.91. The molecule has 1 amide bonds. The predicted octanol–water partition coefficient (Wildman–Crippen LogP) is 1.52. The molecule has 1 aromatic carbocycles. The quantitative estimate of drug-likeness (QED) is 0.858. The number of carbonyl (C=O) groups is 1. The molecule has 0 saturated carbocycles. The van der Waals surface area contributed by atoms with Crippen molar-refractivity contribution in [3.8, 4) is 5.75 Å². The highest BCUT2D eigenvalue weighted by atomic mass is 16.5. The molecule has 2 heterocycles. The van der Waals surface area contributed by atoms with Gasteiger partial charge in [-0.2, -0.15) is 0 Å². The lowest BCUT2D eigenvalue weighted by molar-refractivity contribution is -0.129. The van der Waals surface area contributed by atoms with Gasteiger partial charge in [-0.3, -0.25) is 9.69 Å². The second-order valence-corrected chi connectivity index (χ2v) is 6.74. The van der Waals surface area contributed by atoms with E-state index in [2.05, 4.69) is 17.1 Å². The molecule has 0 spiro atoms. The van der Waals surface area contributed by atoms with Crippen molar-refractivity contribution >= 4 is 5.91 Å². The van der Waals surface area contributed by atoms with Crippen LogP contribution in [0.3, 0.4) is 0 Å². The highest BCUT2D eigenvalue weighted by molar-refractivity contribution is 5.79. The maximum absolute atomic E-state index is 12.6. The average Bonchev–Trinajstić information content (AvgIpc) is 3.11. The molecular formula is C19H29N3O2. The molecule has 0 aliphatic carbocycles. The van der Waals surface area contributed by atoms with E-state index in [4.69, 9.17) is 4.74 Å². The fourth-order valence-electron chi connectivity index (χ4n) is 3.57. The summed E-state index contributed by atoms with van der Waals surface area (Å²) < 4.78 is 5.66. The molecule has 132 valence electrons. The van der Waals surface area contributed by atoms with Crippen LogP contribution in [0.25, 0.3) is 0 Å². The maximum Gasteiger partial charge on any atom is 0.227 e. The lowest BCUT2D eigenvalue weighted by Gasteiger charge is -2.32. The first kappa shape index (κ1) is 17.2. The fourth-order valence-corrected chi connectivity index (χ4v) is 3.57. The van der Waals surface area contributed by atoms with E-state index in [1.807, 2.05) is 29.2 Å². The van der Waals surface area contributed by atoms with Gasteiger partial charge in [0.15, 0.2) is 0 Å². The van der Waals surface area contributed by atoms with Crippen molar-refractivity contribution in [3.05, 3.63) is 29.8 Å². The van der Waals surface area contributed by atoms with Gasteiger partial charge in [0.05, 0.1) is 13.0 Å². The molecule has 3 rings (SSSR count). The summed E-state index contributed by atoms with van der Waals surface area (Å²) in [6, 6.07) is 8.48. The van der Waals surface area contributed by atoms with Crippen LogP contribution in [-0.2, 0) is 11.2 Å². The van der Waals surface area contributed by atoms with Crippen LogP contribution in [0.15, 0.2) is 24.3 Å². The highest BCUT2D eigenvalue weighted by Gasteiger charge is 2.30. The number of carbonyl (C=O) groups excluding carboxylic acids is 1. The SMILES string of the molecule is CCCOc1cccc(CC(=O)N2CCC(N3CCNCC3)C2)c1. The van der Waals surface area contributed by atoms with E-state index in [9.17, 15) is 4.79 Å². The fraction of sp³-hybridized carbons (Fsp3) is 0.632. The summed E-state index contributed by atoms with van der Waals surface area (Å²) >= 11 is 0. The van der Waals surface area contributed by atoms with Crippen molar-refractivity contribution in [3.63, 3.8) is 0 Å². The van der Waals surface area contributed by atoms with Crippen LogP contribution in [0.4, 0.5) is 0 Å². The Morgan fingerprint density at radius 1 is 1.29 bits per heavy atom. The number of rotatable bonds is 6. The molecule has 1 unspecified atom stereocenters. The van der Waals surface area contributed by atoms with Crippen molar-refractivity contribution < 1.29 is 9.53 Å². The molecule has 2 fully saturated rings. The van der Waals surface area contributed by atoms with Gasteiger partial charge in [0.2, 0.25) is 5.91 Å². The number of amides is 1. The molecule has 1 N–H and O–H groups in total. The number of hydrogen-bond donors (Lipinski definition) is 1. The smallest absolute Gasteiger partial charge is 0.227 e. The van der Waals surface area contributed by atoms with Gasteiger partial charge in [-0.15, -0.1) is 0 Å². The van der Waals surface area contributed by atoms with Gasteiger partial charge < -0.3 is 15.0 Å². The normalized spacial score (nSPS) is 21.9. The Labute approximate surface area is 145 Å². The number of ether oxygens (including phenoxy) is 1. The Hall–Kier alpha value is -1.59. The van der Waals surface area contributed by atoms with Crippen LogP contribution < -0.4 is 10.1 Å². The second kappa shape index (κ2) is 8.49. The molecule has 2 aliphatic heterocycles. The van der Waals surface area contributed by atoms with Crippen molar-refractivity contribution in [2.24, 2.45) is 0 Å². The Kier molecular flexibility index (Phi) is 6.10. The number of nitrogens with zero attached hydrogens (tertiary/aromatic N) is 2. The molecule has 0 radical (unpaired) electrons. The third-order valence-electron chi connectivity index (χ3n) is 4.91. The molecule has 2 saturated heterocycles. The van der Waals surface area contributed by atoms with Gasteiger partial charge in [-0.25, -0.2) is 0 Å². The van der Waals surface area contributed by atoms with E-state index < -0.39 is 0 Å². The number of likely N-dealkylation sites (tertiary alicyclic amines) is 1. The summed E-state index contributed by atoms with van der Waals surface area (Å²) in [7, 11) is 0. The predicted molar refractivity (Wildman–Crippen MR) is 95.4 cm³/mol.